The van der Waals surface area contributed by atoms with Crippen LogP contribution >= 0.6 is 39.7 Å². The van der Waals surface area contributed by atoms with Gasteiger partial charge in [-0.2, -0.15) is 0 Å². The predicted molar refractivity (Wildman–Crippen MR) is 58.0 cm³/mol. The molecular formula is C5H13Br2O6P. The van der Waals surface area contributed by atoms with Crippen LogP contribution in [0.2, 0.25) is 0 Å². The van der Waals surface area contributed by atoms with E-state index in [2.05, 4.69) is 31.9 Å². The molecule has 1 unspecified atom stereocenters. The number of hydrogen-bond acceptors (Lipinski definition) is 3. The van der Waals surface area contributed by atoms with Crippen molar-refractivity contribution in [3.05, 3.63) is 0 Å². The largest absolute Gasteiger partial charge is 0.466 e. The summed E-state index contributed by atoms with van der Waals surface area (Å²) in [5.74, 6) is 0. The fraction of sp³-hybridized carbons (Fsp3) is 1.00. The Morgan fingerprint density at radius 2 is 1.64 bits per heavy atom. The van der Waals surface area contributed by atoms with Crippen molar-refractivity contribution in [2.75, 3.05) is 0 Å². The molecule has 6 nitrogen and oxygen atoms in total. The molecule has 5 N–H and O–H groups in total. The molecule has 0 spiro atoms. The van der Waals surface area contributed by atoms with E-state index < -0.39 is 12.5 Å². The quantitative estimate of drug-likeness (QED) is 0.287. The van der Waals surface area contributed by atoms with Crippen molar-refractivity contribution in [3.63, 3.8) is 0 Å². The average molecular weight is 360 g/mol. The summed E-state index contributed by atoms with van der Waals surface area (Å²) >= 11 is 5.82. The summed E-state index contributed by atoms with van der Waals surface area (Å²) in [6, 6.07) is 0. The number of alkyl halides is 2. The molecule has 0 saturated carbocycles. The minimum Gasteiger partial charge on any atom is -0.356 e. The first-order valence-corrected chi connectivity index (χ1v) is 6.81. The smallest absolute Gasteiger partial charge is 0.356 e. The van der Waals surface area contributed by atoms with Gasteiger partial charge in [-0.1, -0.05) is 29.3 Å². The zero-order valence-electron chi connectivity index (χ0n) is 7.34. The maximum Gasteiger partial charge on any atom is 0.466 e. The number of halogens is 2. The van der Waals surface area contributed by atoms with Crippen LogP contribution in [-0.4, -0.2) is 34.4 Å². The third-order valence-corrected chi connectivity index (χ3v) is 3.20. The number of aliphatic hydroxyl groups is 2. The second kappa shape index (κ2) is 7.29. The summed E-state index contributed by atoms with van der Waals surface area (Å²) in [6.45, 7) is 1.98. The fourth-order valence-corrected chi connectivity index (χ4v) is 1.12. The van der Waals surface area contributed by atoms with E-state index in [9.17, 15) is 0 Å². The van der Waals surface area contributed by atoms with E-state index in [0.717, 1.165) is 12.8 Å². The molecule has 9 heteroatoms. The van der Waals surface area contributed by atoms with Gasteiger partial charge in [0.2, 0.25) is 4.70 Å². The van der Waals surface area contributed by atoms with Crippen molar-refractivity contribution in [2.45, 2.75) is 29.3 Å². The van der Waals surface area contributed by atoms with Gasteiger partial charge in [0.15, 0.2) is 0 Å². The highest BCUT2D eigenvalue weighted by atomic mass is 79.9. The lowest BCUT2D eigenvalue weighted by atomic mass is 10.2. The molecule has 88 valence electrons. The van der Waals surface area contributed by atoms with Crippen molar-refractivity contribution in [2.24, 2.45) is 0 Å². The molecule has 0 saturated heterocycles. The molecule has 0 aliphatic heterocycles. The molecule has 0 heterocycles. The van der Waals surface area contributed by atoms with E-state index in [1.807, 2.05) is 6.92 Å². The van der Waals surface area contributed by atoms with Crippen molar-refractivity contribution in [1.82, 2.24) is 0 Å². The van der Waals surface area contributed by atoms with E-state index in [1.54, 1.807) is 0 Å². The van der Waals surface area contributed by atoms with Crippen LogP contribution in [0.4, 0.5) is 0 Å². The highest BCUT2D eigenvalue weighted by Crippen LogP contribution is 2.26. The molecule has 0 aromatic heterocycles. The molecule has 0 radical (unpaired) electrons. The predicted octanol–water partition coefficient (Wildman–Crippen LogP) is 0.655. The monoisotopic (exact) mass is 358 g/mol. The van der Waals surface area contributed by atoms with Gasteiger partial charge in [-0.05, 0) is 22.4 Å². The highest BCUT2D eigenvalue weighted by Gasteiger charge is 2.27. The zero-order chi connectivity index (χ0) is 12.0. The lowest BCUT2D eigenvalue weighted by molar-refractivity contribution is -0.0685. The molecule has 0 aliphatic carbocycles. The first kappa shape index (κ1) is 17.4. The van der Waals surface area contributed by atoms with Gasteiger partial charge in [0.1, 0.15) is 0 Å². The van der Waals surface area contributed by atoms with Crippen LogP contribution in [0.25, 0.3) is 0 Å². The summed E-state index contributed by atoms with van der Waals surface area (Å²) in [4.78, 5) is 21.3. The van der Waals surface area contributed by atoms with Crippen LogP contribution in [-0.2, 0) is 4.57 Å². The summed E-state index contributed by atoms with van der Waals surface area (Å²) in [5, 5.41) is 17.7. The Hall–Kier alpha value is 0.990. The maximum absolute atomic E-state index is 8.88. The van der Waals surface area contributed by atoms with E-state index in [-0.39, 0.29) is 4.83 Å². The van der Waals surface area contributed by atoms with Crippen molar-refractivity contribution < 1.29 is 29.5 Å². The van der Waals surface area contributed by atoms with Gasteiger partial charge in [-0.25, -0.2) is 4.57 Å². The Balaban J connectivity index is 0. The van der Waals surface area contributed by atoms with Crippen LogP contribution in [0, 0.1) is 0 Å². The van der Waals surface area contributed by atoms with E-state index >= 15 is 0 Å². The minimum absolute atomic E-state index is 0.296. The second-order valence-electron chi connectivity index (χ2n) is 2.41. The van der Waals surface area contributed by atoms with Gasteiger partial charge in [-0.3, -0.25) is 0 Å². The Kier molecular flexibility index (Phi) is 9.06. The maximum atomic E-state index is 8.88. The number of phosphoric acid groups is 1. The molecular weight excluding hydrogens is 347 g/mol. The van der Waals surface area contributed by atoms with Crippen molar-refractivity contribution in [1.29, 1.82) is 0 Å². The lowest BCUT2D eigenvalue weighted by Gasteiger charge is -2.19. The molecule has 0 bridgehead atoms. The Morgan fingerprint density at radius 3 is 1.71 bits per heavy atom. The van der Waals surface area contributed by atoms with E-state index in [0.29, 0.717) is 0 Å². The number of rotatable bonds is 3. The normalized spacial score (nSPS) is 14.3. The Morgan fingerprint density at radius 1 is 1.36 bits per heavy atom. The molecule has 1 atom stereocenters. The van der Waals surface area contributed by atoms with Crippen LogP contribution < -0.4 is 0 Å². The highest BCUT2D eigenvalue weighted by molar-refractivity contribution is 9.12. The fourth-order valence-electron chi connectivity index (χ4n) is 0.437. The van der Waals surface area contributed by atoms with Crippen LogP contribution in [0.3, 0.4) is 0 Å². The van der Waals surface area contributed by atoms with Crippen LogP contribution in [0.1, 0.15) is 19.8 Å². The molecule has 0 aromatic rings. The van der Waals surface area contributed by atoms with Crippen LogP contribution in [0.5, 0.6) is 0 Å². The first-order valence-electron chi connectivity index (χ1n) is 3.54. The van der Waals surface area contributed by atoms with E-state index in [1.165, 1.54) is 0 Å². The zero-order valence-corrected chi connectivity index (χ0v) is 11.4. The van der Waals surface area contributed by atoms with Gasteiger partial charge in [0.25, 0.3) is 0 Å². The van der Waals surface area contributed by atoms with Gasteiger partial charge >= 0.3 is 7.82 Å². The van der Waals surface area contributed by atoms with E-state index in [4.69, 9.17) is 29.5 Å². The summed E-state index contributed by atoms with van der Waals surface area (Å²) in [7, 11) is -4.64. The molecule has 0 aliphatic rings. The van der Waals surface area contributed by atoms with Gasteiger partial charge in [0, 0.05) is 0 Å². The third kappa shape index (κ3) is 18.7. The molecule has 0 aromatic carbocycles. The number of hydrogen-bond donors (Lipinski definition) is 5. The average Bonchev–Trinajstić information content (AvgIpc) is 1.81. The SMILES string of the molecule is CCCC(Br)C(O)(O)Br.O=P(O)(O)O. The Labute approximate surface area is 98.5 Å². The molecule has 0 fully saturated rings. The first-order chi connectivity index (χ1) is 5.98. The van der Waals surface area contributed by atoms with Gasteiger partial charge in [0.05, 0.1) is 4.83 Å². The molecule has 0 rings (SSSR count). The van der Waals surface area contributed by atoms with Crippen molar-refractivity contribution >= 4 is 39.7 Å². The third-order valence-electron chi connectivity index (χ3n) is 0.941. The molecule has 14 heavy (non-hydrogen) atoms. The lowest BCUT2D eigenvalue weighted by Crippen LogP contribution is -2.30. The molecule has 0 amide bonds. The Bertz CT molecular complexity index is 179. The summed E-state index contributed by atoms with van der Waals surface area (Å²) < 4.78 is 7.12. The van der Waals surface area contributed by atoms with Crippen molar-refractivity contribution in [3.8, 4) is 0 Å². The minimum atomic E-state index is -4.64. The topological polar surface area (TPSA) is 118 Å². The summed E-state index contributed by atoms with van der Waals surface area (Å²) in [6.07, 6.45) is 1.66. The standard InChI is InChI=1S/C5H10Br2O2.H3O4P/c1-2-3-4(6)5(7,8)9;1-5(2,3)4/h4,8-9H,2-3H2,1H3;(H3,1,2,3,4). The van der Waals surface area contributed by atoms with Gasteiger partial charge < -0.3 is 24.9 Å². The summed E-state index contributed by atoms with van der Waals surface area (Å²) in [5.41, 5.74) is 0. The second-order valence-corrected chi connectivity index (χ2v) is 5.70. The van der Waals surface area contributed by atoms with Crippen LogP contribution in [0.15, 0.2) is 0 Å². The van der Waals surface area contributed by atoms with Gasteiger partial charge in [-0.15, -0.1) is 0 Å².